The lowest BCUT2D eigenvalue weighted by molar-refractivity contribution is -0.192. The molecule has 0 saturated heterocycles. The Balaban J connectivity index is 0.000000633. The highest BCUT2D eigenvalue weighted by Crippen LogP contribution is 2.17. The van der Waals surface area contributed by atoms with Gasteiger partial charge in [-0.05, 0) is 18.1 Å². The van der Waals surface area contributed by atoms with Gasteiger partial charge in [-0.3, -0.25) is 5.01 Å². The first-order chi connectivity index (χ1) is 15.0. The number of hydrogen-bond donors (Lipinski definition) is 3. The first-order valence-electron chi connectivity index (χ1n) is 8.98. The maximum absolute atomic E-state index is 12.3. The summed E-state index contributed by atoms with van der Waals surface area (Å²) in [5.41, 5.74) is 3.34. The molecule has 0 radical (unpaired) electrons. The van der Waals surface area contributed by atoms with E-state index in [2.05, 4.69) is 20.7 Å². The van der Waals surface area contributed by atoms with Crippen molar-refractivity contribution in [2.75, 3.05) is 24.0 Å². The number of hydrazine groups is 1. The summed E-state index contributed by atoms with van der Waals surface area (Å²) >= 11 is 0. The fourth-order valence-corrected chi connectivity index (χ4v) is 2.10. The first-order valence-corrected chi connectivity index (χ1v) is 8.98. The van der Waals surface area contributed by atoms with Crippen LogP contribution in [0, 0.1) is 17.2 Å². The molecule has 10 nitrogen and oxygen atoms in total. The highest BCUT2D eigenvalue weighted by Gasteiger charge is 2.38. The van der Waals surface area contributed by atoms with E-state index in [4.69, 9.17) is 19.9 Å². The number of aliphatic carboxylic acids is 1. The Kier molecular flexibility index (Phi) is 9.68. The summed E-state index contributed by atoms with van der Waals surface area (Å²) in [5.74, 6) is -1.36. The molecule has 2 rings (SSSR count). The van der Waals surface area contributed by atoms with Crippen LogP contribution in [0.1, 0.15) is 19.7 Å². The van der Waals surface area contributed by atoms with Crippen molar-refractivity contribution in [3.8, 4) is 11.8 Å². The lowest BCUT2D eigenvalue weighted by atomic mass is 10.2. The molecule has 0 unspecified atom stereocenters. The van der Waals surface area contributed by atoms with Crippen molar-refractivity contribution in [1.29, 1.82) is 5.26 Å². The summed E-state index contributed by atoms with van der Waals surface area (Å²) in [5, 5.41) is 20.4. The predicted molar refractivity (Wildman–Crippen MR) is 108 cm³/mol. The van der Waals surface area contributed by atoms with E-state index < -0.39 is 18.2 Å². The first kappa shape index (κ1) is 26.0. The molecular formula is C19H21F3N6O4. The SMILES string of the molecule is COc1cccc(NC(=O)NN(CC(C)C)c2ccnc(C#N)n2)c1.O=C(O)C(F)(F)F. The third kappa shape index (κ3) is 9.16. The molecule has 1 aromatic carbocycles. The zero-order valence-electron chi connectivity index (χ0n) is 17.3. The van der Waals surface area contributed by atoms with Crippen LogP contribution in [0.25, 0.3) is 0 Å². The van der Waals surface area contributed by atoms with Gasteiger partial charge in [0.1, 0.15) is 11.8 Å². The van der Waals surface area contributed by atoms with E-state index in [1.165, 1.54) is 6.20 Å². The predicted octanol–water partition coefficient (Wildman–Crippen LogP) is 3.19. The van der Waals surface area contributed by atoms with Crippen molar-refractivity contribution in [3.63, 3.8) is 0 Å². The van der Waals surface area contributed by atoms with Crippen molar-refractivity contribution < 1.29 is 32.6 Å². The van der Waals surface area contributed by atoms with Crippen molar-refractivity contribution in [1.82, 2.24) is 15.4 Å². The highest BCUT2D eigenvalue weighted by molar-refractivity contribution is 5.90. The second-order valence-corrected chi connectivity index (χ2v) is 6.46. The van der Waals surface area contributed by atoms with Crippen LogP contribution in [-0.2, 0) is 4.79 Å². The zero-order valence-corrected chi connectivity index (χ0v) is 17.3. The van der Waals surface area contributed by atoms with Gasteiger partial charge < -0.3 is 15.2 Å². The van der Waals surface area contributed by atoms with Gasteiger partial charge in [-0.2, -0.15) is 23.4 Å². The smallest absolute Gasteiger partial charge is 0.490 e. The van der Waals surface area contributed by atoms with Crippen molar-refractivity contribution in [3.05, 3.63) is 42.4 Å². The number of carboxylic acid groups (broad SMARTS) is 1. The standard InChI is InChI=1S/C17H20N6O2.C2HF3O2/c1-12(2)11-23(16-7-8-19-15(10-18)21-16)22-17(24)20-13-5-4-6-14(9-13)25-3;3-2(4,5)1(6)7/h4-9,12H,11H2,1-3H3,(H2,20,22,24);(H,6,7). The maximum atomic E-state index is 12.3. The monoisotopic (exact) mass is 454 g/mol. The molecule has 0 aliphatic carbocycles. The van der Waals surface area contributed by atoms with Crippen LogP contribution in [0.3, 0.4) is 0 Å². The minimum absolute atomic E-state index is 0.0428. The number of benzene rings is 1. The number of carbonyl (C=O) groups excluding carboxylic acids is 1. The molecule has 0 saturated carbocycles. The minimum Gasteiger partial charge on any atom is -0.497 e. The number of methoxy groups -OCH3 is 1. The van der Waals surface area contributed by atoms with Crippen LogP contribution in [0.15, 0.2) is 36.5 Å². The number of alkyl halides is 3. The molecule has 0 bridgehead atoms. The van der Waals surface area contributed by atoms with Crippen LogP contribution in [0.5, 0.6) is 5.75 Å². The third-order valence-electron chi connectivity index (χ3n) is 3.37. The molecule has 0 aliphatic rings. The topological polar surface area (TPSA) is 140 Å². The Hall–Kier alpha value is -4.08. The van der Waals surface area contributed by atoms with E-state index in [9.17, 15) is 18.0 Å². The largest absolute Gasteiger partial charge is 0.497 e. The number of ether oxygens (including phenoxy) is 1. The summed E-state index contributed by atoms with van der Waals surface area (Å²) in [4.78, 5) is 29.2. The summed E-state index contributed by atoms with van der Waals surface area (Å²) < 4.78 is 36.9. The van der Waals surface area contributed by atoms with Gasteiger partial charge in [-0.25, -0.2) is 20.0 Å². The molecule has 0 spiro atoms. The Morgan fingerprint density at radius 1 is 1.31 bits per heavy atom. The molecule has 0 atom stereocenters. The lowest BCUT2D eigenvalue weighted by Crippen LogP contribution is -2.46. The maximum Gasteiger partial charge on any atom is 0.490 e. The number of nitriles is 1. The lowest BCUT2D eigenvalue weighted by Gasteiger charge is -2.26. The quantitative estimate of drug-likeness (QED) is 0.565. The zero-order chi connectivity index (χ0) is 24.3. The van der Waals surface area contributed by atoms with E-state index in [1.54, 1.807) is 42.5 Å². The molecule has 0 fully saturated rings. The summed E-state index contributed by atoms with van der Waals surface area (Å²) in [6.45, 7) is 4.55. The highest BCUT2D eigenvalue weighted by atomic mass is 19.4. The number of aromatic nitrogens is 2. The molecular weight excluding hydrogens is 433 g/mol. The molecule has 1 aromatic heterocycles. The Bertz CT molecular complexity index is 963. The number of urea groups is 1. The van der Waals surface area contributed by atoms with Crippen LogP contribution >= 0.6 is 0 Å². The van der Waals surface area contributed by atoms with Gasteiger partial charge in [-0.15, -0.1) is 0 Å². The second kappa shape index (κ2) is 11.9. The fraction of sp³-hybridized carbons (Fsp3) is 0.316. The van der Waals surface area contributed by atoms with E-state index in [0.29, 0.717) is 23.8 Å². The molecule has 0 aliphatic heterocycles. The Labute approximate surface area is 181 Å². The fourth-order valence-electron chi connectivity index (χ4n) is 2.10. The summed E-state index contributed by atoms with van der Waals surface area (Å²) in [6.07, 6.45) is -3.60. The second-order valence-electron chi connectivity index (χ2n) is 6.46. The average molecular weight is 454 g/mol. The van der Waals surface area contributed by atoms with E-state index >= 15 is 0 Å². The molecule has 1 heterocycles. The van der Waals surface area contributed by atoms with Gasteiger partial charge in [0, 0.05) is 30.6 Å². The van der Waals surface area contributed by atoms with Crippen molar-refractivity contribution in [2.45, 2.75) is 20.0 Å². The van der Waals surface area contributed by atoms with Gasteiger partial charge in [0.25, 0.3) is 0 Å². The van der Waals surface area contributed by atoms with Crippen molar-refractivity contribution >= 4 is 23.5 Å². The third-order valence-corrected chi connectivity index (χ3v) is 3.37. The molecule has 2 amide bonds. The van der Waals surface area contributed by atoms with Gasteiger partial charge in [-0.1, -0.05) is 19.9 Å². The van der Waals surface area contributed by atoms with Crippen molar-refractivity contribution in [2.24, 2.45) is 5.92 Å². The van der Waals surface area contributed by atoms with Gasteiger partial charge in [0.2, 0.25) is 5.82 Å². The van der Waals surface area contributed by atoms with E-state index in [-0.39, 0.29) is 11.7 Å². The van der Waals surface area contributed by atoms with E-state index in [1.807, 2.05) is 19.9 Å². The number of nitrogens with zero attached hydrogens (tertiary/aromatic N) is 4. The molecule has 3 N–H and O–H groups in total. The molecule has 2 aromatic rings. The van der Waals surface area contributed by atoms with Gasteiger partial charge in [0.15, 0.2) is 5.82 Å². The van der Waals surface area contributed by atoms with Crippen LogP contribution < -0.4 is 20.5 Å². The number of nitrogens with one attached hydrogen (secondary N) is 2. The van der Waals surface area contributed by atoms with E-state index in [0.717, 1.165) is 0 Å². The molecule has 13 heteroatoms. The number of rotatable bonds is 6. The van der Waals surface area contributed by atoms with Crippen LogP contribution in [0.2, 0.25) is 0 Å². The normalized spacial score (nSPS) is 10.3. The summed E-state index contributed by atoms with van der Waals surface area (Å²) in [6, 6.07) is 10.1. The van der Waals surface area contributed by atoms with Crippen LogP contribution in [-0.4, -0.2) is 46.9 Å². The molecule has 172 valence electrons. The van der Waals surface area contributed by atoms with Crippen LogP contribution in [0.4, 0.5) is 29.5 Å². The number of halogens is 3. The van der Waals surface area contributed by atoms with Gasteiger partial charge >= 0.3 is 18.2 Å². The number of amides is 2. The summed E-state index contributed by atoms with van der Waals surface area (Å²) in [7, 11) is 1.56. The van der Waals surface area contributed by atoms with Gasteiger partial charge in [0.05, 0.1) is 7.11 Å². The minimum atomic E-state index is -5.08. The number of hydrogen-bond acceptors (Lipinski definition) is 7. The Morgan fingerprint density at radius 3 is 2.50 bits per heavy atom. The average Bonchev–Trinajstić information content (AvgIpc) is 2.72. The molecule has 32 heavy (non-hydrogen) atoms. The Morgan fingerprint density at radius 2 is 1.97 bits per heavy atom. The number of anilines is 2. The number of carbonyl (C=O) groups is 2. The number of carboxylic acids is 1.